The van der Waals surface area contributed by atoms with Crippen LogP contribution < -0.4 is 0 Å². The van der Waals surface area contributed by atoms with E-state index in [4.69, 9.17) is 4.84 Å². The molecule has 2 nitrogen and oxygen atoms in total. The van der Waals surface area contributed by atoms with Crippen molar-refractivity contribution in [1.29, 1.82) is 0 Å². The fourth-order valence-corrected chi connectivity index (χ4v) is 0.674. The summed E-state index contributed by atoms with van der Waals surface area (Å²) in [4.78, 5) is 4.92. The molecule has 1 aliphatic heterocycles. The average molecular weight is 112 g/mol. The zero-order valence-corrected chi connectivity index (χ0v) is 5.05. The molecule has 0 aliphatic carbocycles. The Morgan fingerprint density at radius 2 is 2.75 bits per heavy atom. The first kappa shape index (κ1) is 5.63. The highest BCUT2D eigenvalue weighted by molar-refractivity contribution is 4.75. The van der Waals surface area contributed by atoms with Crippen LogP contribution in [-0.4, -0.2) is 18.2 Å². The third-order valence-corrected chi connectivity index (χ3v) is 1.03. The van der Waals surface area contributed by atoms with E-state index in [9.17, 15) is 0 Å². The Bertz CT molecular complexity index is 82.5. The van der Waals surface area contributed by atoms with Crippen LogP contribution in [-0.2, 0) is 4.84 Å². The predicted molar refractivity (Wildman–Crippen MR) is 30.8 cm³/mol. The van der Waals surface area contributed by atoms with Crippen molar-refractivity contribution in [3.8, 4) is 0 Å². The van der Waals surface area contributed by atoms with Crippen LogP contribution in [0.5, 0.6) is 0 Å². The van der Waals surface area contributed by atoms with E-state index in [-0.39, 0.29) is 0 Å². The van der Waals surface area contributed by atoms with Gasteiger partial charge in [0.15, 0.2) is 6.26 Å². The van der Waals surface area contributed by atoms with E-state index in [0.717, 1.165) is 19.5 Å². The van der Waals surface area contributed by atoms with Gasteiger partial charge in [-0.15, -0.1) is 5.06 Å². The van der Waals surface area contributed by atoms with E-state index in [1.165, 1.54) is 0 Å². The summed E-state index contributed by atoms with van der Waals surface area (Å²) in [5.41, 5.74) is 0. The lowest BCUT2D eigenvalue weighted by molar-refractivity contribution is -0.0848. The molecule has 0 unspecified atom stereocenters. The predicted octanol–water partition coefficient (Wildman–Crippen LogP) is 0.960. The Morgan fingerprint density at radius 1 is 1.88 bits per heavy atom. The summed E-state index contributed by atoms with van der Waals surface area (Å²) in [6.45, 7) is 4.03. The molecule has 0 amide bonds. The van der Waals surface area contributed by atoms with Crippen LogP contribution >= 0.6 is 0 Å². The van der Waals surface area contributed by atoms with Crippen molar-refractivity contribution in [2.45, 2.75) is 13.3 Å². The van der Waals surface area contributed by atoms with E-state index < -0.39 is 0 Å². The van der Waals surface area contributed by atoms with Crippen molar-refractivity contribution in [1.82, 2.24) is 5.06 Å². The van der Waals surface area contributed by atoms with Crippen molar-refractivity contribution in [2.24, 2.45) is 0 Å². The van der Waals surface area contributed by atoms with Gasteiger partial charge in [-0.05, 0) is 12.5 Å². The summed E-state index contributed by atoms with van der Waals surface area (Å²) in [5.74, 6) is 0. The summed E-state index contributed by atoms with van der Waals surface area (Å²) in [6, 6.07) is 0. The molecular weight excluding hydrogens is 102 g/mol. The van der Waals surface area contributed by atoms with Crippen molar-refractivity contribution >= 4 is 0 Å². The van der Waals surface area contributed by atoms with Crippen LogP contribution in [0.15, 0.2) is 6.08 Å². The normalized spacial score (nSPS) is 19.1. The van der Waals surface area contributed by atoms with Gasteiger partial charge in [0, 0.05) is 6.54 Å². The first-order chi connectivity index (χ1) is 3.93. The molecule has 1 aliphatic rings. The van der Waals surface area contributed by atoms with E-state index in [1.807, 2.05) is 11.1 Å². The van der Waals surface area contributed by atoms with Crippen molar-refractivity contribution < 1.29 is 4.84 Å². The lowest BCUT2D eigenvalue weighted by Crippen LogP contribution is -2.18. The van der Waals surface area contributed by atoms with Crippen LogP contribution in [0.1, 0.15) is 13.3 Å². The number of hydrogen-bond donors (Lipinski definition) is 0. The largest absolute Gasteiger partial charge is 0.402 e. The topological polar surface area (TPSA) is 12.5 Å². The quantitative estimate of drug-likeness (QED) is 0.527. The Morgan fingerprint density at radius 3 is 3.25 bits per heavy atom. The van der Waals surface area contributed by atoms with E-state index >= 15 is 0 Å². The molecule has 0 saturated carbocycles. The molecule has 1 rings (SSSR count). The summed E-state index contributed by atoms with van der Waals surface area (Å²) in [5, 5.41) is 1.88. The molecule has 0 spiro atoms. The van der Waals surface area contributed by atoms with Gasteiger partial charge in [0.2, 0.25) is 0 Å². The molecule has 2 heteroatoms. The third kappa shape index (κ3) is 1.23. The fourth-order valence-electron chi connectivity index (χ4n) is 0.674. The molecule has 0 fully saturated rings. The number of nitrogens with zero attached hydrogens (tertiary/aromatic N) is 1. The van der Waals surface area contributed by atoms with Gasteiger partial charge in [0.25, 0.3) is 0 Å². The van der Waals surface area contributed by atoms with Crippen LogP contribution in [0.4, 0.5) is 0 Å². The molecule has 0 bridgehead atoms. The first-order valence-corrected chi connectivity index (χ1v) is 2.92. The Labute approximate surface area is 49.7 Å². The van der Waals surface area contributed by atoms with Gasteiger partial charge in [-0.25, -0.2) is 0 Å². The summed E-state index contributed by atoms with van der Waals surface area (Å²) < 4.78 is 0. The van der Waals surface area contributed by atoms with Crippen LogP contribution in [0.25, 0.3) is 0 Å². The van der Waals surface area contributed by atoms with E-state index in [2.05, 4.69) is 13.2 Å². The van der Waals surface area contributed by atoms with Gasteiger partial charge in [0.05, 0.1) is 6.54 Å². The molecule has 45 valence electrons. The second kappa shape index (κ2) is 2.72. The monoisotopic (exact) mass is 112 g/mol. The second-order valence-corrected chi connectivity index (χ2v) is 1.80. The number of rotatable bonds is 2. The van der Waals surface area contributed by atoms with Crippen LogP contribution in [0.2, 0.25) is 0 Å². The first-order valence-electron chi connectivity index (χ1n) is 2.92. The Kier molecular flexibility index (Phi) is 1.92. The zero-order chi connectivity index (χ0) is 5.82. The maximum Gasteiger partial charge on any atom is 0.189 e. The minimum absolute atomic E-state index is 0.897. The molecule has 1 radical (unpaired) electrons. The minimum Gasteiger partial charge on any atom is -0.402 e. The summed E-state index contributed by atoms with van der Waals surface area (Å²) in [7, 11) is 0. The molecule has 0 aromatic rings. The van der Waals surface area contributed by atoms with Gasteiger partial charge in [-0.3, -0.25) is 0 Å². The zero-order valence-electron chi connectivity index (χ0n) is 5.05. The second-order valence-electron chi connectivity index (χ2n) is 1.80. The van der Waals surface area contributed by atoms with E-state index in [0.29, 0.717) is 0 Å². The Hall–Kier alpha value is -0.500. The SMILES string of the molecule is CCCN1CC=[C]O1. The summed E-state index contributed by atoms with van der Waals surface area (Å²) in [6.07, 6.45) is 5.68. The number of hydroxylamine groups is 2. The average Bonchev–Trinajstić information content (AvgIpc) is 2.19. The Balaban J connectivity index is 2.10. The molecule has 8 heavy (non-hydrogen) atoms. The standard InChI is InChI=1S/C6H10NO/c1-2-4-7-5-3-6-8-7/h3H,2,4-5H2,1H3. The molecule has 0 atom stereocenters. The molecule has 0 aromatic carbocycles. The molecule has 0 saturated heterocycles. The highest BCUT2D eigenvalue weighted by Crippen LogP contribution is 1.99. The van der Waals surface area contributed by atoms with Gasteiger partial charge in [-0.1, -0.05) is 6.92 Å². The highest BCUT2D eigenvalue weighted by atomic mass is 16.7. The van der Waals surface area contributed by atoms with E-state index in [1.54, 1.807) is 0 Å². The third-order valence-electron chi connectivity index (χ3n) is 1.03. The van der Waals surface area contributed by atoms with Gasteiger partial charge >= 0.3 is 0 Å². The minimum atomic E-state index is 0.897. The maximum absolute atomic E-state index is 4.92. The van der Waals surface area contributed by atoms with Crippen LogP contribution in [0.3, 0.4) is 0 Å². The van der Waals surface area contributed by atoms with Crippen molar-refractivity contribution in [3.63, 3.8) is 0 Å². The highest BCUT2D eigenvalue weighted by Gasteiger charge is 2.04. The van der Waals surface area contributed by atoms with Gasteiger partial charge < -0.3 is 4.84 Å². The molecule has 1 heterocycles. The number of hydrogen-bond acceptors (Lipinski definition) is 2. The summed E-state index contributed by atoms with van der Waals surface area (Å²) >= 11 is 0. The van der Waals surface area contributed by atoms with Crippen LogP contribution in [0, 0.1) is 6.26 Å². The molecule has 0 N–H and O–H groups in total. The lowest BCUT2D eigenvalue weighted by Gasteiger charge is -2.10. The van der Waals surface area contributed by atoms with Gasteiger partial charge in [0.1, 0.15) is 0 Å². The maximum atomic E-state index is 4.92. The van der Waals surface area contributed by atoms with Crippen molar-refractivity contribution in [2.75, 3.05) is 13.1 Å². The smallest absolute Gasteiger partial charge is 0.189 e. The fraction of sp³-hybridized carbons (Fsp3) is 0.667. The van der Waals surface area contributed by atoms with Gasteiger partial charge in [-0.2, -0.15) is 0 Å². The molecular formula is C6H10NO. The lowest BCUT2D eigenvalue weighted by atomic mass is 10.5. The molecule has 0 aromatic heterocycles. The van der Waals surface area contributed by atoms with Crippen molar-refractivity contribution in [3.05, 3.63) is 12.3 Å².